The van der Waals surface area contributed by atoms with Gasteiger partial charge in [-0.25, -0.2) is 0 Å². The van der Waals surface area contributed by atoms with Crippen LogP contribution in [-0.4, -0.2) is 61.6 Å². The lowest BCUT2D eigenvalue weighted by Crippen LogP contribution is -2.49. The zero-order valence-electron chi connectivity index (χ0n) is 15.8. The topological polar surface area (TPSA) is 44.8 Å². The second-order valence-electron chi connectivity index (χ2n) is 6.90. The minimum atomic E-state index is 0.101. The highest BCUT2D eigenvalue weighted by Crippen LogP contribution is 2.09. The van der Waals surface area contributed by atoms with Gasteiger partial charge in [0.05, 0.1) is 13.2 Å². The van der Waals surface area contributed by atoms with Crippen molar-refractivity contribution < 1.29 is 9.53 Å². The molecule has 2 aromatic rings. The Labute approximate surface area is 161 Å². The summed E-state index contributed by atoms with van der Waals surface area (Å²) in [5.41, 5.74) is 1.13. The molecule has 0 aromatic heterocycles. The number of benzene rings is 2. The molecule has 1 saturated heterocycles. The van der Waals surface area contributed by atoms with Gasteiger partial charge in [-0.2, -0.15) is 0 Å². The SMILES string of the molecule is O=C(CN1CCN(CCCOc2ccccc2)CC1)NCc1ccccc1. The monoisotopic (exact) mass is 367 g/mol. The fourth-order valence-corrected chi connectivity index (χ4v) is 3.22. The molecule has 1 heterocycles. The van der Waals surface area contributed by atoms with Crippen LogP contribution in [0.15, 0.2) is 60.7 Å². The van der Waals surface area contributed by atoms with Gasteiger partial charge in [0, 0.05) is 39.3 Å². The van der Waals surface area contributed by atoms with Crippen LogP contribution in [0, 0.1) is 0 Å². The summed E-state index contributed by atoms with van der Waals surface area (Å²) < 4.78 is 5.74. The molecule has 5 nitrogen and oxygen atoms in total. The normalized spacial score (nSPS) is 15.4. The van der Waals surface area contributed by atoms with Crippen molar-refractivity contribution in [2.24, 2.45) is 0 Å². The molecule has 0 saturated carbocycles. The first-order chi connectivity index (χ1) is 13.3. The minimum absolute atomic E-state index is 0.101. The quantitative estimate of drug-likeness (QED) is 0.691. The van der Waals surface area contributed by atoms with Crippen molar-refractivity contribution in [1.29, 1.82) is 0 Å². The van der Waals surface area contributed by atoms with Gasteiger partial charge in [0.15, 0.2) is 0 Å². The standard InChI is InChI=1S/C22H29N3O2/c26-22(23-18-20-8-3-1-4-9-20)19-25-15-13-24(14-16-25)12-7-17-27-21-10-5-2-6-11-21/h1-6,8-11H,7,12-19H2,(H,23,26). The number of carbonyl (C=O) groups is 1. The van der Waals surface area contributed by atoms with E-state index in [9.17, 15) is 4.79 Å². The van der Waals surface area contributed by atoms with Crippen molar-refractivity contribution in [3.63, 3.8) is 0 Å². The molecule has 1 aliphatic rings. The summed E-state index contributed by atoms with van der Waals surface area (Å²) >= 11 is 0. The first-order valence-corrected chi connectivity index (χ1v) is 9.73. The van der Waals surface area contributed by atoms with Crippen LogP contribution >= 0.6 is 0 Å². The average molecular weight is 367 g/mol. The molecule has 0 spiro atoms. The van der Waals surface area contributed by atoms with Gasteiger partial charge in [-0.05, 0) is 24.1 Å². The van der Waals surface area contributed by atoms with E-state index < -0.39 is 0 Å². The molecular weight excluding hydrogens is 338 g/mol. The maximum Gasteiger partial charge on any atom is 0.234 e. The van der Waals surface area contributed by atoms with Crippen LogP contribution in [0.2, 0.25) is 0 Å². The van der Waals surface area contributed by atoms with Gasteiger partial charge >= 0.3 is 0 Å². The van der Waals surface area contributed by atoms with Crippen molar-refractivity contribution in [1.82, 2.24) is 15.1 Å². The Hall–Kier alpha value is -2.37. The Morgan fingerprint density at radius 1 is 0.889 bits per heavy atom. The van der Waals surface area contributed by atoms with Gasteiger partial charge < -0.3 is 15.0 Å². The number of piperazine rings is 1. The van der Waals surface area contributed by atoms with Gasteiger partial charge in [-0.3, -0.25) is 9.69 Å². The lowest BCUT2D eigenvalue weighted by atomic mass is 10.2. The Morgan fingerprint density at radius 3 is 2.22 bits per heavy atom. The number of nitrogens with one attached hydrogen (secondary N) is 1. The summed E-state index contributed by atoms with van der Waals surface area (Å²) in [4.78, 5) is 16.8. The third kappa shape index (κ3) is 7.04. The van der Waals surface area contributed by atoms with E-state index in [1.165, 1.54) is 0 Å². The second-order valence-corrected chi connectivity index (χ2v) is 6.90. The highest BCUT2D eigenvalue weighted by atomic mass is 16.5. The van der Waals surface area contributed by atoms with Crippen LogP contribution in [0.1, 0.15) is 12.0 Å². The Morgan fingerprint density at radius 2 is 1.52 bits per heavy atom. The number of amides is 1. The molecule has 2 aromatic carbocycles. The molecule has 3 rings (SSSR count). The molecule has 1 aliphatic heterocycles. The molecule has 144 valence electrons. The van der Waals surface area contributed by atoms with Crippen molar-refractivity contribution in [2.45, 2.75) is 13.0 Å². The van der Waals surface area contributed by atoms with E-state index >= 15 is 0 Å². The van der Waals surface area contributed by atoms with Gasteiger partial charge in [-0.15, -0.1) is 0 Å². The fourth-order valence-electron chi connectivity index (χ4n) is 3.22. The smallest absolute Gasteiger partial charge is 0.234 e. The van der Waals surface area contributed by atoms with E-state index in [1.54, 1.807) is 0 Å². The Balaban J connectivity index is 1.25. The average Bonchev–Trinajstić information content (AvgIpc) is 2.72. The summed E-state index contributed by atoms with van der Waals surface area (Å²) in [6.45, 7) is 6.77. The number of nitrogens with zero attached hydrogens (tertiary/aromatic N) is 2. The summed E-state index contributed by atoms with van der Waals surface area (Å²) in [7, 11) is 0. The number of carbonyl (C=O) groups excluding carboxylic acids is 1. The van der Waals surface area contributed by atoms with E-state index in [-0.39, 0.29) is 5.91 Å². The second kappa shape index (κ2) is 10.7. The van der Waals surface area contributed by atoms with Gasteiger partial charge in [-0.1, -0.05) is 48.5 Å². The van der Waals surface area contributed by atoms with Crippen molar-refractivity contribution in [3.05, 3.63) is 66.2 Å². The van der Waals surface area contributed by atoms with Crippen molar-refractivity contribution in [3.8, 4) is 5.75 Å². The van der Waals surface area contributed by atoms with Crippen LogP contribution in [-0.2, 0) is 11.3 Å². The van der Waals surface area contributed by atoms with E-state index in [0.29, 0.717) is 13.1 Å². The summed E-state index contributed by atoms with van der Waals surface area (Å²) in [6, 6.07) is 20.0. The molecule has 1 fully saturated rings. The van der Waals surface area contributed by atoms with Crippen LogP contribution < -0.4 is 10.1 Å². The molecule has 0 atom stereocenters. The van der Waals surface area contributed by atoms with E-state index in [1.807, 2.05) is 60.7 Å². The first-order valence-electron chi connectivity index (χ1n) is 9.73. The largest absolute Gasteiger partial charge is 0.494 e. The van der Waals surface area contributed by atoms with Gasteiger partial charge in [0.25, 0.3) is 0 Å². The maximum absolute atomic E-state index is 12.1. The number of rotatable bonds is 9. The molecule has 5 heteroatoms. The lowest BCUT2D eigenvalue weighted by molar-refractivity contribution is -0.122. The van der Waals surface area contributed by atoms with Crippen LogP contribution in [0.5, 0.6) is 5.75 Å². The van der Waals surface area contributed by atoms with Crippen LogP contribution in [0.4, 0.5) is 0 Å². The lowest BCUT2D eigenvalue weighted by Gasteiger charge is -2.34. The minimum Gasteiger partial charge on any atom is -0.494 e. The number of hydrogen-bond acceptors (Lipinski definition) is 4. The Kier molecular flexibility index (Phi) is 7.69. The molecule has 0 unspecified atom stereocenters. The van der Waals surface area contributed by atoms with Crippen LogP contribution in [0.3, 0.4) is 0 Å². The number of ether oxygens (including phenoxy) is 1. The zero-order valence-corrected chi connectivity index (χ0v) is 15.8. The van der Waals surface area contributed by atoms with E-state index in [4.69, 9.17) is 4.74 Å². The number of para-hydroxylation sites is 1. The summed E-state index contributed by atoms with van der Waals surface area (Å²) in [5, 5.41) is 3.00. The summed E-state index contributed by atoms with van der Waals surface area (Å²) in [6.07, 6.45) is 1.02. The zero-order chi connectivity index (χ0) is 18.7. The highest BCUT2D eigenvalue weighted by molar-refractivity contribution is 5.78. The maximum atomic E-state index is 12.1. The Bertz CT molecular complexity index is 670. The van der Waals surface area contributed by atoms with Crippen LogP contribution in [0.25, 0.3) is 0 Å². The number of hydrogen-bond donors (Lipinski definition) is 1. The first kappa shape index (κ1) is 19.4. The van der Waals surface area contributed by atoms with Gasteiger partial charge in [0.1, 0.15) is 5.75 Å². The molecule has 0 radical (unpaired) electrons. The molecular formula is C22H29N3O2. The molecule has 0 aliphatic carbocycles. The molecule has 1 amide bonds. The van der Waals surface area contributed by atoms with Gasteiger partial charge in [0.2, 0.25) is 5.91 Å². The third-order valence-electron chi connectivity index (χ3n) is 4.80. The predicted molar refractivity (Wildman–Crippen MR) is 108 cm³/mol. The molecule has 0 bridgehead atoms. The predicted octanol–water partition coefficient (Wildman–Crippen LogP) is 2.39. The fraction of sp³-hybridized carbons (Fsp3) is 0.409. The third-order valence-corrected chi connectivity index (χ3v) is 4.80. The molecule has 1 N–H and O–H groups in total. The van der Waals surface area contributed by atoms with Crippen molar-refractivity contribution in [2.75, 3.05) is 45.9 Å². The molecule has 27 heavy (non-hydrogen) atoms. The van der Waals surface area contributed by atoms with E-state index in [2.05, 4.69) is 15.1 Å². The van der Waals surface area contributed by atoms with E-state index in [0.717, 1.165) is 57.1 Å². The van der Waals surface area contributed by atoms with Crippen molar-refractivity contribution >= 4 is 5.91 Å². The highest BCUT2D eigenvalue weighted by Gasteiger charge is 2.18. The summed E-state index contributed by atoms with van der Waals surface area (Å²) in [5.74, 6) is 1.03.